The number of carbonyl (C=O) groups is 1. The third-order valence-electron chi connectivity index (χ3n) is 3.31. The van der Waals surface area contributed by atoms with Crippen LogP contribution in [0.2, 0.25) is 0 Å². The van der Waals surface area contributed by atoms with Crippen molar-refractivity contribution in [3.8, 4) is 17.2 Å². The Morgan fingerprint density at radius 2 is 1.39 bits per heavy atom. The zero-order valence-electron chi connectivity index (χ0n) is 12.7. The molecule has 114 valence electrons. The lowest BCUT2D eigenvalue weighted by molar-refractivity contribution is 0.0732. The van der Waals surface area contributed by atoms with E-state index in [4.69, 9.17) is 9.47 Å². The van der Waals surface area contributed by atoms with Crippen molar-refractivity contribution < 1.29 is 14.3 Å². The van der Waals surface area contributed by atoms with Crippen molar-refractivity contribution in [3.05, 3.63) is 90.0 Å². The Bertz CT molecular complexity index is 793. The summed E-state index contributed by atoms with van der Waals surface area (Å²) in [7, 11) is 0. The predicted octanol–water partition coefficient (Wildman–Crippen LogP) is 5.01. The van der Waals surface area contributed by atoms with E-state index in [1.165, 1.54) is 0 Å². The largest absolute Gasteiger partial charge is 0.456 e. The molecule has 0 N–H and O–H groups in total. The number of carbonyl (C=O) groups excluding carboxylic acids is 1. The van der Waals surface area contributed by atoms with Crippen molar-refractivity contribution >= 4 is 5.97 Å². The number of benzene rings is 3. The minimum absolute atomic E-state index is 0.386. The first-order chi connectivity index (χ1) is 11.2. The Balaban J connectivity index is 1.82. The molecule has 0 atom stereocenters. The van der Waals surface area contributed by atoms with Gasteiger partial charge in [-0.25, -0.2) is 4.79 Å². The monoisotopic (exact) mass is 304 g/mol. The van der Waals surface area contributed by atoms with Crippen LogP contribution in [0.15, 0.2) is 78.9 Å². The van der Waals surface area contributed by atoms with Gasteiger partial charge in [0, 0.05) is 0 Å². The van der Waals surface area contributed by atoms with Gasteiger partial charge in [-0.3, -0.25) is 0 Å². The topological polar surface area (TPSA) is 35.5 Å². The molecule has 0 saturated carbocycles. The van der Waals surface area contributed by atoms with Gasteiger partial charge in [-0.1, -0.05) is 48.0 Å². The van der Waals surface area contributed by atoms with E-state index in [9.17, 15) is 4.79 Å². The van der Waals surface area contributed by atoms with Crippen molar-refractivity contribution in [1.29, 1.82) is 0 Å². The highest BCUT2D eigenvalue weighted by Gasteiger charge is 2.15. The number of aryl methyl sites for hydroxylation is 1. The zero-order chi connectivity index (χ0) is 16.1. The molecule has 0 aliphatic heterocycles. The van der Waals surface area contributed by atoms with Crippen LogP contribution >= 0.6 is 0 Å². The van der Waals surface area contributed by atoms with Gasteiger partial charge in [0.2, 0.25) is 0 Å². The molecular formula is C20H16O3. The molecule has 3 aromatic rings. The molecule has 0 bridgehead atoms. The lowest BCUT2D eigenvalue weighted by Gasteiger charge is -2.10. The first kappa shape index (κ1) is 14.9. The Hall–Kier alpha value is -3.07. The first-order valence-corrected chi connectivity index (χ1v) is 7.33. The Morgan fingerprint density at radius 1 is 0.739 bits per heavy atom. The molecule has 0 aromatic heterocycles. The summed E-state index contributed by atoms with van der Waals surface area (Å²) in [5, 5.41) is 0. The van der Waals surface area contributed by atoms with Gasteiger partial charge in [0.15, 0.2) is 0 Å². The maximum Gasteiger partial charge on any atom is 0.347 e. The number of rotatable bonds is 4. The molecule has 3 nitrogen and oxygen atoms in total. The molecule has 0 aliphatic rings. The van der Waals surface area contributed by atoms with Gasteiger partial charge in [-0.05, 0) is 43.3 Å². The summed E-state index contributed by atoms with van der Waals surface area (Å²) >= 11 is 0. The zero-order valence-corrected chi connectivity index (χ0v) is 12.7. The highest BCUT2D eigenvalue weighted by Crippen LogP contribution is 2.26. The van der Waals surface area contributed by atoms with E-state index in [1.807, 2.05) is 55.5 Å². The summed E-state index contributed by atoms with van der Waals surface area (Å²) in [6.07, 6.45) is 0. The molecule has 0 unspecified atom stereocenters. The molecule has 3 rings (SSSR count). The van der Waals surface area contributed by atoms with E-state index in [1.54, 1.807) is 30.3 Å². The van der Waals surface area contributed by atoms with Crippen LogP contribution in [0, 0.1) is 6.92 Å². The summed E-state index contributed by atoms with van der Waals surface area (Å²) in [6, 6.07) is 23.7. The normalized spacial score (nSPS) is 10.1. The van der Waals surface area contributed by atoms with Crippen molar-refractivity contribution in [3.63, 3.8) is 0 Å². The van der Waals surface area contributed by atoms with Crippen LogP contribution in [-0.2, 0) is 0 Å². The van der Waals surface area contributed by atoms with E-state index in [0.717, 1.165) is 5.56 Å². The molecule has 0 spiro atoms. The number of esters is 1. The Morgan fingerprint density at radius 3 is 2.13 bits per heavy atom. The van der Waals surface area contributed by atoms with Crippen LogP contribution in [0.1, 0.15) is 15.9 Å². The molecule has 0 aliphatic carbocycles. The average molecular weight is 304 g/mol. The van der Waals surface area contributed by atoms with Crippen LogP contribution < -0.4 is 9.47 Å². The molecule has 23 heavy (non-hydrogen) atoms. The third kappa shape index (κ3) is 3.77. The van der Waals surface area contributed by atoms with Gasteiger partial charge in [-0.2, -0.15) is 0 Å². The smallest absolute Gasteiger partial charge is 0.347 e. The predicted molar refractivity (Wildman–Crippen MR) is 89.1 cm³/mol. The third-order valence-corrected chi connectivity index (χ3v) is 3.31. The lowest BCUT2D eigenvalue weighted by atomic mass is 10.2. The van der Waals surface area contributed by atoms with Crippen molar-refractivity contribution in [2.45, 2.75) is 6.92 Å². The summed E-state index contributed by atoms with van der Waals surface area (Å²) in [5.41, 5.74) is 1.49. The second-order valence-electron chi connectivity index (χ2n) is 5.11. The molecule has 0 amide bonds. The fourth-order valence-corrected chi connectivity index (χ4v) is 2.11. The Labute approximate surface area is 135 Å². The number of ether oxygens (including phenoxy) is 2. The summed E-state index contributed by atoms with van der Waals surface area (Å²) in [4.78, 5) is 12.4. The second kappa shape index (κ2) is 6.79. The molecule has 0 heterocycles. The standard InChI is InChI=1S/C20H16O3/c1-15-11-13-17(14-12-15)23-20(21)18-9-5-6-10-19(18)22-16-7-3-2-4-8-16/h2-14H,1H3. The van der Waals surface area contributed by atoms with Gasteiger partial charge < -0.3 is 9.47 Å². The van der Waals surface area contributed by atoms with E-state index < -0.39 is 5.97 Å². The fraction of sp³-hybridized carbons (Fsp3) is 0.0500. The van der Waals surface area contributed by atoms with Crippen molar-refractivity contribution in [2.75, 3.05) is 0 Å². The van der Waals surface area contributed by atoms with Crippen LogP contribution in [0.5, 0.6) is 17.2 Å². The first-order valence-electron chi connectivity index (χ1n) is 7.33. The summed E-state index contributed by atoms with van der Waals surface area (Å²) in [6.45, 7) is 1.98. The molecule has 3 aromatic carbocycles. The van der Waals surface area contributed by atoms with Gasteiger partial charge >= 0.3 is 5.97 Å². The van der Waals surface area contributed by atoms with Crippen LogP contribution in [0.25, 0.3) is 0 Å². The molecule has 3 heteroatoms. The SMILES string of the molecule is Cc1ccc(OC(=O)c2ccccc2Oc2ccccc2)cc1. The quantitative estimate of drug-likeness (QED) is 0.502. The Kier molecular flexibility index (Phi) is 4.39. The van der Waals surface area contributed by atoms with Gasteiger partial charge in [0.1, 0.15) is 22.8 Å². The number of hydrogen-bond donors (Lipinski definition) is 0. The maximum atomic E-state index is 12.4. The van der Waals surface area contributed by atoms with Crippen LogP contribution in [-0.4, -0.2) is 5.97 Å². The average Bonchev–Trinajstić information content (AvgIpc) is 2.58. The minimum atomic E-state index is -0.444. The second-order valence-corrected chi connectivity index (χ2v) is 5.11. The molecule has 0 saturated heterocycles. The number of para-hydroxylation sites is 2. The van der Waals surface area contributed by atoms with Crippen molar-refractivity contribution in [2.24, 2.45) is 0 Å². The van der Waals surface area contributed by atoms with E-state index in [0.29, 0.717) is 22.8 Å². The number of hydrogen-bond acceptors (Lipinski definition) is 3. The fourth-order valence-electron chi connectivity index (χ4n) is 2.11. The highest BCUT2D eigenvalue weighted by atomic mass is 16.5. The van der Waals surface area contributed by atoms with Crippen LogP contribution in [0.3, 0.4) is 0 Å². The molecule has 0 radical (unpaired) electrons. The molecular weight excluding hydrogens is 288 g/mol. The van der Waals surface area contributed by atoms with Gasteiger partial charge in [0.25, 0.3) is 0 Å². The molecule has 0 fully saturated rings. The highest BCUT2D eigenvalue weighted by molar-refractivity contribution is 5.94. The van der Waals surface area contributed by atoms with Crippen molar-refractivity contribution in [1.82, 2.24) is 0 Å². The van der Waals surface area contributed by atoms with E-state index in [-0.39, 0.29) is 0 Å². The summed E-state index contributed by atoms with van der Waals surface area (Å²) in [5.74, 6) is 1.20. The van der Waals surface area contributed by atoms with Gasteiger partial charge in [0.05, 0.1) is 0 Å². The van der Waals surface area contributed by atoms with Gasteiger partial charge in [-0.15, -0.1) is 0 Å². The van der Waals surface area contributed by atoms with E-state index in [2.05, 4.69) is 0 Å². The van der Waals surface area contributed by atoms with E-state index >= 15 is 0 Å². The summed E-state index contributed by atoms with van der Waals surface area (Å²) < 4.78 is 11.2. The minimum Gasteiger partial charge on any atom is -0.456 e. The van der Waals surface area contributed by atoms with Crippen LogP contribution in [0.4, 0.5) is 0 Å². The maximum absolute atomic E-state index is 12.4. The lowest BCUT2D eigenvalue weighted by Crippen LogP contribution is -2.09.